The van der Waals surface area contributed by atoms with Crippen LogP contribution in [-0.2, 0) is 11.2 Å². The van der Waals surface area contributed by atoms with E-state index in [2.05, 4.69) is 10.6 Å². The summed E-state index contributed by atoms with van der Waals surface area (Å²) in [5.41, 5.74) is 1.28. The third-order valence-electron chi connectivity index (χ3n) is 3.64. The van der Waals surface area contributed by atoms with Crippen LogP contribution in [0.5, 0.6) is 0 Å². The minimum Gasteiger partial charge on any atom is -0.444 e. The number of benzene rings is 1. The van der Waals surface area contributed by atoms with Crippen molar-refractivity contribution in [3.63, 3.8) is 0 Å². The number of alkyl carbamates (subject to hydrolysis) is 1. The van der Waals surface area contributed by atoms with Gasteiger partial charge in [-0.1, -0.05) is 6.07 Å². The average molecular weight is 338 g/mol. The van der Waals surface area contributed by atoms with Gasteiger partial charge in [0.15, 0.2) is 0 Å². The van der Waals surface area contributed by atoms with Gasteiger partial charge in [-0.25, -0.2) is 9.18 Å². The van der Waals surface area contributed by atoms with Crippen LogP contribution in [0.2, 0.25) is 0 Å². The van der Waals surface area contributed by atoms with Gasteiger partial charge in [-0.15, -0.1) is 0 Å². The van der Waals surface area contributed by atoms with E-state index >= 15 is 0 Å². The number of carbonyl (C=O) groups excluding carboxylic acids is 1. The summed E-state index contributed by atoms with van der Waals surface area (Å²) in [7, 11) is 0. The molecule has 1 rings (SSSR count). The second-order valence-corrected chi connectivity index (χ2v) is 7.83. The number of hydrogen-bond acceptors (Lipinski definition) is 3. The Bertz CT molecular complexity index is 551. The normalized spacial score (nSPS) is 12.1. The minimum absolute atomic E-state index is 0.195. The maximum Gasteiger partial charge on any atom is 0.408 e. The van der Waals surface area contributed by atoms with Crippen molar-refractivity contribution in [1.29, 1.82) is 0 Å². The van der Waals surface area contributed by atoms with Crippen molar-refractivity contribution in [2.24, 2.45) is 0 Å². The second kappa shape index (κ2) is 8.47. The predicted molar refractivity (Wildman–Crippen MR) is 95.8 cm³/mol. The van der Waals surface area contributed by atoms with E-state index in [4.69, 9.17) is 4.74 Å². The van der Waals surface area contributed by atoms with Crippen molar-refractivity contribution >= 4 is 6.09 Å². The van der Waals surface area contributed by atoms with E-state index in [1.54, 1.807) is 6.07 Å². The molecule has 0 heterocycles. The fourth-order valence-corrected chi connectivity index (χ4v) is 2.33. The van der Waals surface area contributed by atoms with Crippen LogP contribution >= 0.6 is 0 Å². The summed E-state index contributed by atoms with van der Waals surface area (Å²) < 4.78 is 18.3. The van der Waals surface area contributed by atoms with E-state index in [9.17, 15) is 9.18 Å². The molecule has 0 saturated heterocycles. The first-order valence-electron chi connectivity index (χ1n) is 8.45. The van der Waals surface area contributed by atoms with Crippen molar-refractivity contribution in [3.8, 4) is 0 Å². The molecule has 1 amide bonds. The lowest BCUT2D eigenvalue weighted by molar-refractivity contribution is 0.0468. The maximum absolute atomic E-state index is 13.1. The van der Waals surface area contributed by atoms with E-state index in [1.165, 1.54) is 6.07 Å². The Morgan fingerprint density at radius 3 is 2.42 bits per heavy atom. The molecule has 0 unspecified atom stereocenters. The maximum atomic E-state index is 13.1. The number of halogens is 1. The number of amides is 1. The zero-order valence-electron chi connectivity index (χ0n) is 15.8. The molecule has 0 aliphatic carbocycles. The summed E-state index contributed by atoms with van der Waals surface area (Å²) in [6.07, 6.45) is 1.25. The number of ether oxygens (including phenoxy) is 1. The van der Waals surface area contributed by atoms with Crippen LogP contribution in [0.4, 0.5) is 9.18 Å². The quantitative estimate of drug-likeness (QED) is 0.740. The highest BCUT2D eigenvalue weighted by molar-refractivity contribution is 5.68. The molecule has 0 bridgehead atoms. The molecule has 1 aromatic rings. The van der Waals surface area contributed by atoms with Crippen molar-refractivity contribution in [3.05, 3.63) is 35.1 Å². The summed E-state index contributed by atoms with van der Waals surface area (Å²) in [6, 6.07) is 4.89. The SMILES string of the molecule is Cc1cc(F)ccc1CCNCCC(C)(C)NC(=O)OC(C)(C)C. The number of rotatable bonds is 7. The first-order valence-corrected chi connectivity index (χ1v) is 8.45. The Morgan fingerprint density at radius 2 is 1.83 bits per heavy atom. The standard InChI is InChI=1S/C19H31FN2O2/c1-14-13-16(20)8-7-15(14)9-11-21-12-10-19(5,6)22-17(23)24-18(2,3)4/h7-8,13,21H,9-12H2,1-6H3,(H,22,23). The van der Waals surface area contributed by atoms with Gasteiger partial charge in [0.05, 0.1) is 0 Å². The van der Waals surface area contributed by atoms with Gasteiger partial charge in [0.25, 0.3) is 0 Å². The molecule has 0 aliphatic heterocycles. The summed E-state index contributed by atoms with van der Waals surface area (Å²) in [5, 5.41) is 6.26. The lowest BCUT2D eigenvalue weighted by atomic mass is 10.0. The molecule has 2 N–H and O–H groups in total. The number of aryl methyl sites for hydroxylation is 1. The highest BCUT2D eigenvalue weighted by atomic mass is 19.1. The highest BCUT2D eigenvalue weighted by Gasteiger charge is 2.24. The van der Waals surface area contributed by atoms with Gasteiger partial charge in [0, 0.05) is 5.54 Å². The lowest BCUT2D eigenvalue weighted by Gasteiger charge is -2.28. The third kappa shape index (κ3) is 8.29. The number of hydrogen-bond donors (Lipinski definition) is 2. The van der Waals surface area contributed by atoms with E-state index in [-0.39, 0.29) is 11.4 Å². The van der Waals surface area contributed by atoms with Crippen LogP contribution in [0.1, 0.15) is 52.2 Å². The Morgan fingerprint density at radius 1 is 1.17 bits per heavy atom. The Hall–Kier alpha value is -1.62. The van der Waals surface area contributed by atoms with Crippen LogP contribution < -0.4 is 10.6 Å². The van der Waals surface area contributed by atoms with E-state index < -0.39 is 11.7 Å². The highest BCUT2D eigenvalue weighted by Crippen LogP contribution is 2.12. The summed E-state index contributed by atoms with van der Waals surface area (Å²) in [4.78, 5) is 11.8. The number of carbonyl (C=O) groups is 1. The lowest BCUT2D eigenvalue weighted by Crippen LogP contribution is -2.47. The van der Waals surface area contributed by atoms with Gasteiger partial charge in [-0.05, 0) is 90.7 Å². The van der Waals surface area contributed by atoms with Crippen molar-refractivity contribution in [1.82, 2.24) is 10.6 Å². The molecule has 0 spiro atoms. The molecule has 5 heteroatoms. The minimum atomic E-state index is -0.495. The molecule has 0 fully saturated rings. The monoisotopic (exact) mass is 338 g/mol. The molecule has 0 atom stereocenters. The van der Waals surface area contributed by atoms with Gasteiger partial charge in [-0.3, -0.25) is 0 Å². The molecule has 0 saturated carbocycles. The summed E-state index contributed by atoms with van der Waals surface area (Å²) in [5.74, 6) is -0.195. The van der Waals surface area contributed by atoms with Gasteiger partial charge >= 0.3 is 6.09 Å². The molecule has 4 nitrogen and oxygen atoms in total. The first kappa shape index (κ1) is 20.4. The van der Waals surface area contributed by atoms with Gasteiger partial charge in [0.2, 0.25) is 0 Å². The van der Waals surface area contributed by atoms with Crippen LogP contribution in [0.25, 0.3) is 0 Å². The van der Waals surface area contributed by atoms with Gasteiger partial charge in [0.1, 0.15) is 11.4 Å². The first-order chi connectivity index (χ1) is 11.0. The second-order valence-electron chi connectivity index (χ2n) is 7.83. The predicted octanol–water partition coefficient (Wildman–Crippen LogP) is 3.96. The third-order valence-corrected chi connectivity index (χ3v) is 3.64. The molecule has 0 aliphatic rings. The van der Waals surface area contributed by atoms with E-state index in [0.717, 1.165) is 37.1 Å². The molecule has 0 aromatic heterocycles. The molecular weight excluding hydrogens is 307 g/mol. The van der Waals surface area contributed by atoms with Crippen LogP contribution in [-0.4, -0.2) is 30.3 Å². The Kier molecular flexibility index (Phi) is 7.21. The molecule has 1 aromatic carbocycles. The Labute approximate surface area is 145 Å². The topological polar surface area (TPSA) is 50.4 Å². The van der Waals surface area contributed by atoms with Crippen LogP contribution in [0, 0.1) is 12.7 Å². The van der Waals surface area contributed by atoms with Crippen molar-refractivity contribution in [2.45, 2.75) is 65.5 Å². The largest absolute Gasteiger partial charge is 0.444 e. The zero-order chi connectivity index (χ0) is 18.4. The van der Waals surface area contributed by atoms with Gasteiger partial charge in [-0.2, -0.15) is 0 Å². The average Bonchev–Trinajstić information content (AvgIpc) is 2.37. The molecule has 136 valence electrons. The van der Waals surface area contributed by atoms with Gasteiger partial charge < -0.3 is 15.4 Å². The molecular formula is C19H31FN2O2. The summed E-state index contributed by atoms with van der Waals surface area (Å²) >= 11 is 0. The fourth-order valence-electron chi connectivity index (χ4n) is 2.33. The number of nitrogens with one attached hydrogen (secondary N) is 2. The van der Waals surface area contributed by atoms with E-state index in [1.807, 2.05) is 47.6 Å². The van der Waals surface area contributed by atoms with Crippen molar-refractivity contribution in [2.75, 3.05) is 13.1 Å². The summed E-state index contributed by atoms with van der Waals surface area (Å²) in [6.45, 7) is 13.0. The van der Waals surface area contributed by atoms with Crippen molar-refractivity contribution < 1.29 is 13.9 Å². The van der Waals surface area contributed by atoms with Crippen LogP contribution in [0.3, 0.4) is 0 Å². The smallest absolute Gasteiger partial charge is 0.408 e. The fraction of sp³-hybridized carbons (Fsp3) is 0.632. The Balaban J connectivity index is 2.29. The molecule has 24 heavy (non-hydrogen) atoms. The van der Waals surface area contributed by atoms with Crippen LogP contribution in [0.15, 0.2) is 18.2 Å². The van der Waals surface area contributed by atoms with E-state index in [0.29, 0.717) is 0 Å². The molecule has 0 radical (unpaired) electrons. The zero-order valence-corrected chi connectivity index (χ0v) is 15.8.